The fourth-order valence-electron chi connectivity index (χ4n) is 2.20. The summed E-state index contributed by atoms with van der Waals surface area (Å²) in [6, 6.07) is 6.12. The molecule has 22 heavy (non-hydrogen) atoms. The maximum Gasteiger partial charge on any atom is 0.339 e. The quantitative estimate of drug-likeness (QED) is 0.566. The summed E-state index contributed by atoms with van der Waals surface area (Å²) in [6.45, 7) is 7.03. The van der Waals surface area contributed by atoms with Crippen molar-refractivity contribution in [3.63, 3.8) is 0 Å². The topological polar surface area (TPSA) is 63.6 Å². The van der Waals surface area contributed by atoms with Gasteiger partial charge in [0.1, 0.15) is 0 Å². The molecule has 0 aliphatic carbocycles. The van der Waals surface area contributed by atoms with E-state index < -0.39 is 11.9 Å². The summed E-state index contributed by atoms with van der Waals surface area (Å²) >= 11 is 0. The van der Waals surface area contributed by atoms with Gasteiger partial charge in [-0.1, -0.05) is 52.2 Å². The van der Waals surface area contributed by atoms with Crippen molar-refractivity contribution in [3.05, 3.63) is 35.4 Å². The van der Waals surface area contributed by atoms with Crippen molar-refractivity contribution in [1.29, 1.82) is 0 Å². The zero-order valence-corrected chi connectivity index (χ0v) is 13.7. The van der Waals surface area contributed by atoms with Crippen LogP contribution in [0.2, 0.25) is 0 Å². The fourth-order valence-corrected chi connectivity index (χ4v) is 2.20. The smallest absolute Gasteiger partial charge is 0.339 e. The van der Waals surface area contributed by atoms with Gasteiger partial charge in [-0.25, -0.2) is 9.59 Å². The van der Waals surface area contributed by atoms with Crippen LogP contribution in [0.3, 0.4) is 0 Å². The van der Waals surface area contributed by atoms with E-state index in [0.29, 0.717) is 12.0 Å². The minimum absolute atomic E-state index is 0.0160. The summed E-state index contributed by atoms with van der Waals surface area (Å²) in [4.78, 5) is 23.0. The zero-order valence-electron chi connectivity index (χ0n) is 13.7. The highest BCUT2D eigenvalue weighted by molar-refractivity contribution is 6.02. The average molecular weight is 306 g/mol. The number of hydrogen-bond acceptors (Lipinski definition) is 3. The third-order valence-corrected chi connectivity index (χ3v) is 3.43. The number of rotatable bonds is 8. The van der Waals surface area contributed by atoms with E-state index in [0.717, 1.165) is 19.3 Å². The largest absolute Gasteiger partial charge is 0.478 e. The van der Waals surface area contributed by atoms with Crippen LogP contribution in [-0.2, 0) is 4.74 Å². The summed E-state index contributed by atoms with van der Waals surface area (Å²) in [6.07, 6.45) is 5.33. The number of carbonyl (C=O) groups excluding carboxylic acids is 1. The third-order valence-electron chi connectivity index (χ3n) is 3.43. The number of hydrogen-bond donors (Lipinski definition) is 1. The number of aromatic carboxylic acids is 1. The molecule has 122 valence electrons. The van der Waals surface area contributed by atoms with Crippen molar-refractivity contribution in [2.75, 3.05) is 6.61 Å². The second-order valence-electron chi connectivity index (χ2n) is 6.71. The lowest BCUT2D eigenvalue weighted by Crippen LogP contribution is -2.12. The molecule has 1 aromatic carbocycles. The number of carbonyl (C=O) groups is 2. The molecule has 4 nitrogen and oxygen atoms in total. The second-order valence-corrected chi connectivity index (χ2v) is 6.71. The van der Waals surface area contributed by atoms with Gasteiger partial charge in [-0.3, -0.25) is 0 Å². The predicted octanol–water partition coefficient (Wildman–Crippen LogP) is 4.54. The molecule has 4 heteroatoms. The third kappa shape index (κ3) is 6.74. The van der Waals surface area contributed by atoms with Crippen LogP contribution >= 0.6 is 0 Å². The van der Waals surface area contributed by atoms with Gasteiger partial charge in [-0.15, -0.1) is 0 Å². The molecule has 0 heterocycles. The van der Waals surface area contributed by atoms with Crippen LogP contribution in [0.15, 0.2) is 24.3 Å². The summed E-state index contributed by atoms with van der Waals surface area (Å²) in [5.41, 5.74) is 0.466. The number of unbranched alkanes of at least 4 members (excludes halogenated alkanes) is 3. The monoisotopic (exact) mass is 306 g/mol. The van der Waals surface area contributed by atoms with E-state index in [2.05, 4.69) is 20.8 Å². The highest BCUT2D eigenvalue weighted by Crippen LogP contribution is 2.22. The number of esters is 1. The van der Waals surface area contributed by atoms with Crippen molar-refractivity contribution in [1.82, 2.24) is 0 Å². The van der Waals surface area contributed by atoms with Crippen LogP contribution in [-0.4, -0.2) is 23.7 Å². The van der Waals surface area contributed by atoms with Crippen molar-refractivity contribution in [3.8, 4) is 0 Å². The molecule has 1 aromatic rings. The molecule has 0 atom stereocenters. The number of carboxylic acid groups (broad SMARTS) is 1. The summed E-state index contributed by atoms with van der Waals surface area (Å²) in [7, 11) is 0. The van der Waals surface area contributed by atoms with E-state index in [1.165, 1.54) is 25.0 Å². The van der Waals surface area contributed by atoms with Gasteiger partial charge in [-0.2, -0.15) is 0 Å². The van der Waals surface area contributed by atoms with Crippen molar-refractivity contribution >= 4 is 11.9 Å². The summed E-state index contributed by atoms with van der Waals surface area (Å²) in [5.74, 6) is -1.68. The molecule has 0 aliphatic rings. The lowest BCUT2D eigenvalue weighted by atomic mass is 9.89. The molecule has 0 aromatic heterocycles. The fraction of sp³-hybridized carbons (Fsp3) is 0.556. The molecule has 0 bridgehead atoms. The molecule has 0 aliphatic heterocycles. The molecule has 0 saturated carbocycles. The first-order chi connectivity index (χ1) is 10.3. The zero-order chi connectivity index (χ0) is 16.6. The van der Waals surface area contributed by atoms with Gasteiger partial charge in [0.05, 0.1) is 17.7 Å². The minimum atomic E-state index is -1.12. The lowest BCUT2D eigenvalue weighted by molar-refractivity contribution is 0.0487. The number of carboxylic acids is 1. The van der Waals surface area contributed by atoms with Gasteiger partial charge in [0, 0.05) is 0 Å². The van der Waals surface area contributed by atoms with Gasteiger partial charge in [-0.05, 0) is 30.4 Å². The molecule has 1 rings (SSSR count). The Labute approximate surface area is 132 Å². The SMILES string of the molecule is CC(C)(C)CCCCCCOC(=O)c1ccccc1C(=O)O. The second kappa shape index (κ2) is 8.57. The molecule has 0 fully saturated rings. The average Bonchev–Trinajstić information content (AvgIpc) is 2.44. The highest BCUT2D eigenvalue weighted by atomic mass is 16.5. The number of ether oxygens (including phenoxy) is 1. The number of benzene rings is 1. The normalized spacial score (nSPS) is 11.2. The van der Waals surface area contributed by atoms with Crippen molar-refractivity contribution < 1.29 is 19.4 Å². The standard InChI is InChI=1S/C18H26O4/c1-18(2,3)12-8-4-5-9-13-22-17(21)15-11-7-6-10-14(15)16(19)20/h6-7,10-11H,4-5,8-9,12-13H2,1-3H3,(H,19,20). The first-order valence-electron chi connectivity index (χ1n) is 7.81. The van der Waals surface area contributed by atoms with Crippen LogP contribution in [0.4, 0.5) is 0 Å². The Morgan fingerprint density at radius 1 is 1.00 bits per heavy atom. The van der Waals surface area contributed by atoms with E-state index in [1.807, 2.05) is 0 Å². The molecule has 0 spiro atoms. The van der Waals surface area contributed by atoms with Crippen LogP contribution in [0.25, 0.3) is 0 Å². The van der Waals surface area contributed by atoms with Gasteiger partial charge in [0.25, 0.3) is 0 Å². The van der Waals surface area contributed by atoms with E-state index in [1.54, 1.807) is 12.1 Å². The summed E-state index contributed by atoms with van der Waals surface area (Å²) in [5, 5.41) is 9.04. The van der Waals surface area contributed by atoms with E-state index in [4.69, 9.17) is 9.84 Å². The Hall–Kier alpha value is -1.84. The Balaban J connectivity index is 2.29. The summed E-state index contributed by atoms with van der Waals surface area (Å²) < 4.78 is 5.16. The van der Waals surface area contributed by atoms with E-state index in [-0.39, 0.29) is 11.1 Å². The molecule has 0 amide bonds. The lowest BCUT2D eigenvalue weighted by Gasteiger charge is -2.17. The maximum absolute atomic E-state index is 11.9. The van der Waals surface area contributed by atoms with Crippen LogP contribution in [0.1, 0.15) is 73.6 Å². The maximum atomic E-state index is 11.9. The van der Waals surface area contributed by atoms with E-state index >= 15 is 0 Å². The Morgan fingerprint density at radius 3 is 2.18 bits per heavy atom. The van der Waals surface area contributed by atoms with Crippen molar-refractivity contribution in [2.24, 2.45) is 5.41 Å². The van der Waals surface area contributed by atoms with Crippen LogP contribution in [0.5, 0.6) is 0 Å². The molecule has 1 N–H and O–H groups in total. The van der Waals surface area contributed by atoms with Gasteiger partial charge < -0.3 is 9.84 Å². The Morgan fingerprint density at radius 2 is 1.59 bits per heavy atom. The van der Waals surface area contributed by atoms with Crippen LogP contribution in [0, 0.1) is 5.41 Å². The predicted molar refractivity (Wildman–Crippen MR) is 86.2 cm³/mol. The van der Waals surface area contributed by atoms with Crippen LogP contribution < -0.4 is 0 Å². The van der Waals surface area contributed by atoms with Crippen molar-refractivity contribution in [2.45, 2.75) is 52.9 Å². The minimum Gasteiger partial charge on any atom is -0.478 e. The first-order valence-corrected chi connectivity index (χ1v) is 7.81. The molecule has 0 saturated heterocycles. The van der Waals surface area contributed by atoms with Gasteiger partial charge in [0.15, 0.2) is 0 Å². The highest BCUT2D eigenvalue weighted by Gasteiger charge is 2.16. The van der Waals surface area contributed by atoms with Gasteiger partial charge >= 0.3 is 11.9 Å². The van der Waals surface area contributed by atoms with E-state index in [9.17, 15) is 9.59 Å². The molecule has 0 unspecified atom stereocenters. The Kier molecular flexibility index (Phi) is 7.09. The molecule has 0 radical (unpaired) electrons. The van der Waals surface area contributed by atoms with Gasteiger partial charge in [0.2, 0.25) is 0 Å². The Bertz CT molecular complexity index is 500. The molecular formula is C18H26O4. The first kappa shape index (κ1) is 18.2. The molecular weight excluding hydrogens is 280 g/mol.